The van der Waals surface area contributed by atoms with Crippen LogP contribution in [0.2, 0.25) is 0 Å². The Morgan fingerprint density at radius 3 is 2.76 bits per heavy atom. The van der Waals surface area contributed by atoms with Crippen molar-refractivity contribution in [1.82, 2.24) is 4.57 Å². The molecule has 2 aromatic rings. The molecule has 0 N–H and O–H groups in total. The van der Waals surface area contributed by atoms with Crippen molar-refractivity contribution >= 4 is 10.9 Å². The maximum absolute atomic E-state index is 5.68. The van der Waals surface area contributed by atoms with Gasteiger partial charge in [0, 0.05) is 30.1 Å². The molecule has 0 aliphatic carbocycles. The lowest BCUT2D eigenvalue weighted by Gasteiger charge is -2.09. The second-order valence-corrected chi connectivity index (χ2v) is 4.46. The first-order chi connectivity index (χ1) is 8.11. The van der Waals surface area contributed by atoms with Gasteiger partial charge >= 0.3 is 0 Å². The summed E-state index contributed by atoms with van der Waals surface area (Å²) in [4.78, 5) is 0. The van der Waals surface area contributed by atoms with E-state index in [4.69, 9.17) is 11.2 Å². The molecule has 0 aliphatic rings. The van der Waals surface area contributed by atoms with Crippen LogP contribution in [-0.2, 0) is 13.5 Å². The van der Waals surface area contributed by atoms with Crippen molar-refractivity contribution in [3.63, 3.8) is 0 Å². The SMILES string of the molecule is C#CCc1cc2cc(OC(C)C)ccc2n1C. The monoisotopic (exact) mass is 227 g/mol. The summed E-state index contributed by atoms with van der Waals surface area (Å²) >= 11 is 0. The van der Waals surface area contributed by atoms with Gasteiger partial charge in [-0.25, -0.2) is 0 Å². The van der Waals surface area contributed by atoms with Crippen LogP contribution >= 0.6 is 0 Å². The van der Waals surface area contributed by atoms with Gasteiger partial charge < -0.3 is 9.30 Å². The van der Waals surface area contributed by atoms with Gasteiger partial charge in [0.15, 0.2) is 0 Å². The standard InChI is InChI=1S/C15H17NO/c1-5-6-13-9-12-10-14(17-11(2)3)7-8-15(12)16(13)4/h1,7-11H,6H2,2-4H3. The Morgan fingerprint density at radius 1 is 1.35 bits per heavy atom. The summed E-state index contributed by atoms with van der Waals surface area (Å²) in [7, 11) is 2.04. The van der Waals surface area contributed by atoms with Gasteiger partial charge in [0.05, 0.1) is 6.10 Å². The minimum absolute atomic E-state index is 0.196. The molecule has 2 nitrogen and oxygen atoms in total. The second-order valence-electron chi connectivity index (χ2n) is 4.46. The van der Waals surface area contributed by atoms with E-state index in [0.717, 1.165) is 11.4 Å². The van der Waals surface area contributed by atoms with Crippen molar-refractivity contribution < 1.29 is 4.74 Å². The molecule has 17 heavy (non-hydrogen) atoms. The smallest absolute Gasteiger partial charge is 0.120 e. The van der Waals surface area contributed by atoms with Crippen LogP contribution in [-0.4, -0.2) is 10.7 Å². The summed E-state index contributed by atoms with van der Waals surface area (Å²) < 4.78 is 7.82. The molecule has 1 aromatic carbocycles. The van der Waals surface area contributed by atoms with E-state index in [1.165, 1.54) is 10.9 Å². The van der Waals surface area contributed by atoms with Crippen LogP contribution in [0.1, 0.15) is 19.5 Å². The summed E-state index contributed by atoms with van der Waals surface area (Å²) in [6.07, 6.45) is 6.21. The molecule has 0 atom stereocenters. The van der Waals surface area contributed by atoms with E-state index in [-0.39, 0.29) is 6.10 Å². The molecular weight excluding hydrogens is 210 g/mol. The third-order valence-corrected chi connectivity index (χ3v) is 2.77. The zero-order valence-electron chi connectivity index (χ0n) is 10.5. The molecule has 88 valence electrons. The molecule has 2 rings (SSSR count). The predicted octanol–water partition coefficient (Wildman–Crippen LogP) is 3.14. The van der Waals surface area contributed by atoms with Crippen LogP contribution in [0.4, 0.5) is 0 Å². The van der Waals surface area contributed by atoms with E-state index in [9.17, 15) is 0 Å². The molecule has 0 amide bonds. The number of ether oxygens (including phenoxy) is 1. The van der Waals surface area contributed by atoms with Crippen LogP contribution in [0, 0.1) is 12.3 Å². The van der Waals surface area contributed by atoms with Crippen molar-refractivity contribution in [3.05, 3.63) is 30.0 Å². The fourth-order valence-corrected chi connectivity index (χ4v) is 2.00. The highest BCUT2D eigenvalue weighted by Crippen LogP contribution is 2.24. The number of aryl methyl sites for hydroxylation is 1. The van der Waals surface area contributed by atoms with Gasteiger partial charge in [0.1, 0.15) is 5.75 Å². The number of rotatable bonds is 3. The van der Waals surface area contributed by atoms with Crippen LogP contribution < -0.4 is 4.74 Å². The van der Waals surface area contributed by atoms with Crippen molar-refractivity contribution in [2.24, 2.45) is 7.05 Å². The Kier molecular flexibility index (Phi) is 3.10. The molecule has 0 saturated carbocycles. The summed E-state index contributed by atoms with van der Waals surface area (Å²) in [5.41, 5.74) is 2.34. The lowest BCUT2D eigenvalue weighted by Crippen LogP contribution is -2.05. The highest BCUT2D eigenvalue weighted by molar-refractivity contribution is 5.82. The fourth-order valence-electron chi connectivity index (χ4n) is 2.00. The number of hydrogen-bond donors (Lipinski definition) is 0. The number of hydrogen-bond acceptors (Lipinski definition) is 1. The van der Waals surface area contributed by atoms with Gasteiger partial charge in [0.25, 0.3) is 0 Å². The van der Waals surface area contributed by atoms with E-state index in [1.54, 1.807) is 0 Å². The average Bonchev–Trinajstić information content (AvgIpc) is 2.55. The quantitative estimate of drug-likeness (QED) is 0.735. The number of benzene rings is 1. The van der Waals surface area contributed by atoms with Crippen molar-refractivity contribution in [2.75, 3.05) is 0 Å². The lowest BCUT2D eigenvalue weighted by molar-refractivity contribution is 0.243. The largest absolute Gasteiger partial charge is 0.491 e. The Morgan fingerprint density at radius 2 is 2.12 bits per heavy atom. The number of fused-ring (bicyclic) bond motifs is 1. The summed E-state index contributed by atoms with van der Waals surface area (Å²) in [6, 6.07) is 8.27. The zero-order chi connectivity index (χ0) is 12.4. The molecule has 0 saturated heterocycles. The van der Waals surface area contributed by atoms with Gasteiger partial charge in [-0.15, -0.1) is 12.3 Å². The van der Waals surface area contributed by atoms with Gasteiger partial charge in [-0.2, -0.15) is 0 Å². The van der Waals surface area contributed by atoms with E-state index in [1.807, 2.05) is 27.0 Å². The lowest BCUT2D eigenvalue weighted by atomic mass is 10.2. The first-order valence-corrected chi connectivity index (χ1v) is 5.80. The van der Waals surface area contributed by atoms with Gasteiger partial charge in [-0.1, -0.05) is 0 Å². The Bertz CT molecular complexity index is 572. The van der Waals surface area contributed by atoms with Gasteiger partial charge in [-0.3, -0.25) is 0 Å². The highest BCUT2D eigenvalue weighted by atomic mass is 16.5. The maximum atomic E-state index is 5.68. The molecule has 0 spiro atoms. The Hall–Kier alpha value is -1.88. The highest BCUT2D eigenvalue weighted by Gasteiger charge is 2.06. The molecule has 0 radical (unpaired) electrons. The third-order valence-electron chi connectivity index (χ3n) is 2.77. The first-order valence-electron chi connectivity index (χ1n) is 5.80. The Labute approximate surface area is 102 Å². The molecule has 0 bridgehead atoms. The van der Waals surface area contributed by atoms with Crippen LogP contribution in [0.25, 0.3) is 10.9 Å². The number of aromatic nitrogens is 1. The van der Waals surface area contributed by atoms with Crippen molar-refractivity contribution in [3.8, 4) is 18.1 Å². The van der Waals surface area contributed by atoms with E-state index >= 15 is 0 Å². The van der Waals surface area contributed by atoms with E-state index in [2.05, 4.69) is 28.7 Å². The molecular formula is C15H17NO. The molecule has 0 aliphatic heterocycles. The van der Waals surface area contributed by atoms with E-state index in [0.29, 0.717) is 6.42 Å². The second kappa shape index (κ2) is 4.55. The summed E-state index contributed by atoms with van der Waals surface area (Å²) in [5, 5.41) is 1.18. The minimum atomic E-state index is 0.196. The van der Waals surface area contributed by atoms with Crippen molar-refractivity contribution in [2.45, 2.75) is 26.4 Å². The van der Waals surface area contributed by atoms with Crippen LogP contribution in [0.5, 0.6) is 5.75 Å². The predicted molar refractivity (Wildman–Crippen MR) is 71.2 cm³/mol. The molecule has 0 fully saturated rings. The Balaban J connectivity index is 2.45. The van der Waals surface area contributed by atoms with Crippen LogP contribution in [0.3, 0.4) is 0 Å². The van der Waals surface area contributed by atoms with Crippen molar-refractivity contribution in [1.29, 1.82) is 0 Å². The van der Waals surface area contributed by atoms with E-state index < -0.39 is 0 Å². The normalized spacial score (nSPS) is 10.8. The minimum Gasteiger partial charge on any atom is -0.491 e. The number of terminal acetylenes is 1. The molecule has 0 unspecified atom stereocenters. The summed E-state index contributed by atoms with van der Waals surface area (Å²) in [5.74, 6) is 3.59. The zero-order valence-corrected chi connectivity index (χ0v) is 10.5. The number of nitrogens with zero attached hydrogens (tertiary/aromatic N) is 1. The third kappa shape index (κ3) is 2.29. The molecule has 1 heterocycles. The van der Waals surface area contributed by atoms with Crippen LogP contribution in [0.15, 0.2) is 24.3 Å². The fraction of sp³-hybridized carbons (Fsp3) is 0.333. The molecule has 1 aromatic heterocycles. The summed E-state index contributed by atoms with van der Waals surface area (Å²) in [6.45, 7) is 4.05. The van der Waals surface area contributed by atoms with Gasteiger partial charge in [-0.05, 0) is 38.1 Å². The average molecular weight is 227 g/mol. The first kappa shape index (κ1) is 11.6. The molecule has 2 heteroatoms. The maximum Gasteiger partial charge on any atom is 0.120 e. The topological polar surface area (TPSA) is 14.2 Å². The van der Waals surface area contributed by atoms with Gasteiger partial charge in [0.2, 0.25) is 0 Å².